The van der Waals surface area contributed by atoms with Crippen LogP contribution in [0.25, 0.3) is 129 Å². The van der Waals surface area contributed by atoms with E-state index in [4.69, 9.17) is 4.42 Å². The first kappa shape index (κ1) is 31.9. The zero-order valence-corrected chi connectivity index (χ0v) is 32.1. The van der Waals surface area contributed by atoms with Crippen LogP contribution in [0, 0.1) is 0 Å². The summed E-state index contributed by atoms with van der Waals surface area (Å²) in [6, 6.07) is 71.6. The first-order valence-electron chi connectivity index (χ1n) is 19.9. The minimum atomic E-state index is 0.909. The van der Waals surface area contributed by atoms with Crippen LogP contribution in [-0.2, 0) is 0 Å². The van der Waals surface area contributed by atoms with Gasteiger partial charge in [-0.2, -0.15) is 0 Å². The van der Waals surface area contributed by atoms with Crippen LogP contribution in [-0.4, -0.2) is 0 Å². The van der Waals surface area contributed by atoms with Crippen LogP contribution in [0.4, 0.5) is 0 Å². The third-order valence-corrected chi connectivity index (χ3v) is 13.6. The van der Waals surface area contributed by atoms with Crippen LogP contribution in [0.5, 0.6) is 0 Å². The second kappa shape index (κ2) is 12.1. The number of furan rings is 1. The SMILES string of the molecule is c1ccc2c(-c3c4ccccc4c(-c4ccc(-c5ccc6oc7cc8cc9sc%10ccccc%10c9cc8cc7c6c5)c5ccccc45)c4ccccc34)cccc2c1. The van der Waals surface area contributed by atoms with Crippen molar-refractivity contribution < 1.29 is 4.42 Å². The monoisotopic (exact) mass is 752 g/mol. The number of hydrogen-bond donors (Lipinski definition) is 0. The summed E-state index contributed by atoms with van der Waals surface area (Å²) < 4.78 is 9.17. The van der Waals surface area contributed by atoms with E-state index < -0.39 is 0 Å². The molecule has 0 unspecified atom stereocenters. The summed E-state index contributed by atoms with van der Waals surface area (Å²) >= 11 is 1.86. The van der Waals surface area contributed by atoms with E-state index in [0.29, 0.717) is 0 Å². The van der Waals surface area contributed by atoms with Crippen LogP contribution >= 0.6 is 11.3 Å². The fourth-order valence-corrected chi connectivity index (χ4v) is 11.0. The van der Waals surface area contributed by atoms with Crippen molar-refractivity contribution in [2.75, 3.05) is 0 Å². The number of rotatable bonds is 3. The molecule has 0 aliphatic heterocycles. The molecule has 0 saturated carbocycles. The Hall–Kier alpha value is -7.26. The Morgan fingerprint density at radius 2 is 0.810 bits per heavy atom. The van der Waals surface area contributed by atoms with Crippen molar-refractivity contribution in [1.82, 2.24) is 0 Å². The molecule has 0 atom stereocenters. The predicted molar refractivity (Wildman–Crippen MR) is 250 cm³/mol. The topological polar surface area (TPSA) is 13.1 Å². The Bertz CT molecular complexity index is 3800. The van der Waals surface area contributed by atoms with E-state index in [2.05, 4.69) is 194 Å². The highest BCUT2D eigenvalue weighted by molar-refractivity contribution is 7.25. The third-order valence-electron chi connectivity index (χ3n) is 12.4. The molecule has 13 rings (SSSR count). The van der Waals surface area contributed by atoms with Gasteiger partial charge in [-0.3, -0.25) is 0 Å². The Morgan fingerprint density at radius 3 is 1.55 bits per heavy atom. The average molecular weight is 753 g/mol. The molecule has 0 spiro atoms. The van der Waals surface area contributed by atoms with Gasteiger partial charge in [-0.05, 0) is 130 Å². The van der Waals surface area contributed by atoms with Crippen molar-refractivity contribution >= 4 is 107 Å². The molecule has 2 aromatic heterocycles. The highest BCUT2D eigenvalue weighted by Gasteiger charge is 2.20. The van der Waals surface area contributed by atoms with Gasteiger partial charge in [0.2, 0.25) is 0 Å². The van der Waals surface area contributed by atoms with E-state index in [0.717, 1.165) is 21.9 Å². The largest absolute Gasteiger partial charge is 0.456 e. The van der Waals surface area contributed by atoms with Crippen molar-refractivity contribution in [2.24, 2.45) is 0 Å². The summed E-state index contributed by atoms with van der Waals surface area (Å²) in [5, 5.41) is 17.4. The van der Waals surface area contributed by atoms with Gasteiger partial charge in [0.05, 0.1) is 0 Å². The zero-order valence-electron chi connectivity index (χ0n) is 31.3. The lowest BCUT2D eigenvalue weighted by molar-refractivity contribution is 0.669. The van der Waals surface area contributed by atoms with Gasteiger partial charge < -0.3 is 4.42 Å². The first-order valence-corrected chi connectivity index (χ1v) is 20.7. The van der Waals surface area contributed by atoms with E-state index in [-0.39, 0.29) is 0 Å². The molecule has 0 fully saturated rings. The predicted octanol–water partition coefficient (Wildman–Crippen LogP) is 16.7. The summed E-state index contributed by atoms with van der Waals surface area (Å²) in [6.45, 7) is 0. The molecule has 0 aliphatic carbocycles. The molecular weight excluding hydrogens is 721 g/mol. The summed E-state index contributed by atoms with van der Waals surface area (Å²) in [5.74, 6) is 0. The molecule has 0 amide bonds. The Labute approximate surface area is 337 Å². The Balaban J connectivity index is 1.02. The summed E-state index contributed by atoms with van der Waals surface area (Å²) in [5.41, 5.74) is 9.29. The molecule has 13 aromatic rings. The molecule has 2 heteroatoms. The van der Waals surface area contributed by atoms with Crippen LogP contribution in [0.15, 0.2) is 199 Å². The minimum absolute atomic E-state index is 0.909. The van der Waals surface area contributed by atoms with Gasteiger partial charge in [0.15, 0.2) is 0 Å². The van der Waals surface area contributed by atoms with E-state index in [9.17, 15) is 0 Å². The summed E-state index contributed by atoms with van der Waals surface area (Å²) in [4.78, 5) is 0. The Morgan fingerprint density at radius 1 is 0.276 bits per heavy atom. The molecule has 0 bridgehead atoms. The van der Waals surface area contributed by atoms with E-state index in [1.165, 1.54) is 107 Å². The quantitative estimate of drug-likeness (QED) is 0.164. The van der Waals surface area contributed by atoms with Crippen molar-refractivity contribution in [2.45, 2.75) is 0 Å². The first-order chi connectivity index (χ1) is 28.7. The fraction of sp³-hybridized carbons (Fsp3) is 0. The van der Waals surface area contributed by atoms with E-state index >= 15 is 0 Å². The Kier molecular flexibility index (Phi) is 6.66. The van der Waals surface area contributed by atoms with E-state index in [1.807, 2.05) is 11.3 Å². The molecular formula is C56H32OS. The maximum absolute atomic E-state index is 6.54. The number of thiophene rings is 1. The average Bonchev–Trinajstić information content (AvgIpc) is 3.82. The van der Waals surface area contributed by atoms with Gasteiger partial charge in [-0.15, -0.1) is 11.3 Å². The molecule has 0 aliphatic rings. The maximum Gasteiger partial charge on any atom is 0.136 e. The van der Waals surface area contributed by atoms with Crippen LogP contribution in [0.2, 0.25) is 0 Å². The maximum atomic E-state index is 6.54. The van der Waals surface area contributed by atoms with Crippen LogP contribution in [0.1, 0.15) is 0 Å². The molecule has 0 radical (unpaired) electrons. The van der Waals surface area contributed by atoms with Gasteiger partial charge >= 0.3 is 0 Å². The third kappa shape index (κ3) is 4.58. The lowest BCUT2D eigenvalue weighted by atomic mass is 9.83. The lowest BCUT2D eigenvalue weighted by Gasteiger charge is -2.20. The fourth-order valence-electron chi connectivity index (χ4n) is 9.83. The van der Waals surface area contributed by atoms with Crippen molar-refractivity contribution in [3.05, 3.63) is 194 Å². The van der Waals surface area contributed by atoms with Gasteiger partial charge in [0.1, 0.15) is 11.2 Å². The van der Waals surface area contributed by atoms with Crippen molar-refractivity contribution in [3.8, 4) is 33.4 Å². The summed E-state index contributed by atoms with van der Waals surface area (Å²) in [6.07, 6.45) is 0. The summed E-state index contributed by atoms with van der Waals surface area (Å²) in [7, 11) is 0. The molecule has 0 saturated heterocycles. The lowest BCUT2D eigenvalue weighted by Crippen LogP contribution is -1.93. The number of hydrogen-bond acceptors (Lipinski definition) is 2. The normalized spacial score (nSPS) is 12.1. The molecule has 1 nitrogen and oxygen atoms in total. The molecule has 58 heavy (non-hydrogen) atoms. The standard InChI is InChI=1S/C56H32OS/c1-2-14-37-33(12-1)13-11-22-42(37)55-43-18-5-7-20-45(43)56(46-21-8-6-19-44(46)55)47-26-25-38(39-15-3-4-16-40(39)47)34-24-27-51-48(28-34)49-29-35-30-50-41-17-9-10-23-53(41)58-54(50)32-36(35)31-52(49)57-51/h1-32H. The highest BCUT2D eigenvalue weighted by atomic mass is 32.1. The molecule has 11 aromatic carbocycles. The highest BCUT2D eigenvalue weighted by Crippen LogP contribution is 2.48. The molecule has 2 heterocycles. The van der Waals surface area contributed by atoms with Crippen LogP contribution in [0.3, 0.4) is 0 Å². The van der Waals surface area contributed by atoms with Gasteiger partial charge in [-0.1, -0.05) is 152 Å². The second-order valence-electron chi connectivity index (χ2n) is 15.5. The second-order valence-corrected chi connectivity index (χ2v) is 16.6. The van der Waals surface area contributed by atoms with Gasteiger partial charge in [0, 0.05) is 30.9 Å². The minimum Gasteiger partial charge on any atom is -0.456 e. The zero-order chi connectivity index (χ0) is 37.9. The van der Waals surface area contributed by atoms with Crippen molar-refractivity contribution in [3.63, 3.8) is 0 Å². The van der Waals surface area contributed by atoms with Gasteiger partial charge in [0.25, 0.3) is 0 Å². The van der Waals surface area contributed by atoms with Crippen molar-refractivity contribution in [1.29, 1.82) is 0 Å². The molecule has 268 valence electrons. The van der Waals surface area contributed by atoms with E-state index in [1.54, 1.807) is 0 Å². The molecule has 0 N–H and O–H groups in total. The van der Waals surface area contributed by atoms with Gasteiger partial charge in [-0.25, -0.2) is 0 Å². The smallest absolute Gasteiger partial charge is 0.136 e. The number of fused-ring (bicyclic) bond motifs is 11. The van der Waals surface area contributed by atoms with Crippen LogP contribution < -0.4 is 0 Å². The number of benzene rings is 11.